The third-order valence-electron chi connectivity index (χ3n) is 7.55. The smallest absolute Gasteiger partial charge is 0.265 e. The lowest BCUT2D eigenvalue weighted by atomic mass is 9.49. The van der Waals surface area contributed by atoms with E-state index in [-0.39, 0.29) is 27.1 Å². The van der Waals surface area contributed by atoms with E-state index in [1.54, 1.807) is 36.4 Å². The molecule has 0 heterocycles. The quantitative estimate of drug-likeness (QED) is 0.404. The molecule has 4 fully saturated rings. The molecule has 7 nitrogen and oxygen atoms in total. The Morgan fingerprint density at radius 1 is 1.00 bits per heavy atom. The summed E-state index contributed by atoms with van der Waals surface area (Å²) >= 11 is 8.78. The van der Waals surface area contributed by atoms with Crippen LogP contribution < -0.4 is 20.1 Å². The van der Waals surface area contributed by atoms with Gasteiger partial charge in [-0.1, -0.05) is 15.9 Å². The fourth-order valence-electron chi connectivity index (χ4n) is 6.48. The van der Waals surface area contributed by atoms with Gasteiger partial charge in [0.2, 0.25) is 5.91 Å². The fraction of sp³-hybridized carbons (Fsp3) is 0.440. The first-order valence-electron chi connectivity index (χ1n) is 11.7. The molecule has 4 aliphatic rings. The van der Waals surface area contributed by atoms with Gasteiger partial charge in [0.25, 0.3) is 10.0 Å². The number of sulfonamides is 1. The first-order chi connectivity index (χ1) is 16.7. The monoisotopic (exact) mass is 577 g/mol. The Hall–Kier alpha value is -2.17. The summed E-state index contributed by atoms with van der Waals surface area (Å²) in [5, 5.41) is 6.05. The molecule has 0 aliphatic heterocycles. The van der Waals surface area contributed by atoms with Crippen molar-refractivity contribution in [1.29, 1.82) is 0 Å². The molecule has 0 unspecified atom stereocenters. The lowest BCUT2D eigenvalue weighted by Crippen LogP contribution is -2.55. The number of carbonyl (C=O) groups is 1. The van der Waals surface area contributed by atoms with Crippen LogP contribution in [0.3, 0.4) is 0 Å². The van der Waals surface area contributed by atoms with Gasteiger partial charge in [0.15, 0.2) is 5.11 Å². The Kier molecular flexibility index (Phi) is 6.56. The largest absolute Gasteiger partial charge is 0.495 e. The van der Waals surface area contributed by atoms with Crippen molar-refractivity contribution < 1.29 is 17.9 Å². The Balaban J connectivity index is 1.30. The maximum Gasteiger partial charge on any atom is 0.265 e. The van der Waals surface area contributed by atoms with Gasteiger partial charge in [0.05, 0.1) is 12.5 Å². The van der Waals surface area contributed by atoms with Gasteiger partial charge in [0, 0.05) is 15.8 Å². The molecule has 35 heavy (non-hydrogen) atoms. The molecule has 0 spiro atoms. The van der Waals surface area contributed by atoms with Gasteiger partial charge in [-0.25, -0.2) is 8.42 Å². The Morgan fingerprint density at radius 2 is 1.57 bits per heavy atom. The second-order valence-corrected chi connectivity index (χ2v) is 13.1. The van der Waals surface area contributed by atoms with Crippen LogP contribution in [-0.4, -0.2) is 26.5 Å². The van der Waals surface area contributed by atoms with E-state index in [1.165, 1.54) is 32.4 Å². The van der Waals surface area contributed by atoms with Crippen LogP contribution in [0, 0.1) is 23.2 Å². The number of carbonyl (C=O) groups excluding carboxylic acids is 1. The maximum absolute atomic E-state index is 13.3. The van der Waals surface area contributed by atoms with E-state index in [0.29, 0.717) is 29.1 Å². The molecule has 0 atom stereocenters. The van der Waals surface area contributed by atoms with Crippen molar-refractivity contribution >= 4 is 60.6 Å². The van der Waals surface area contributed by atoms with Gasteiger partial charge in [-0.2, -0.15) is 0 Å². The molecule has 1 amide bonds. The molecule has 4 aliphatic carbocycles. The van der Waals surface area contributed by atoms with Gasteiger partial charge < -0.3 is 15.4 Å². The van der Waals surface area contributed by atoms with Crippen LogP contribution in [0.5, 0.6) is 5.75 Å². The Labute approximate surface area is 219 Å². The summed E-state index contributed by atoms with van der Waals surface area (Å²) < 4.78 is 34.9. The molecule has 0 aromatic heterocycles. The van der Waals surface area contributed by atoms with Crippen molar-refractivity contribution in [2.45, 2.75) is 43.4 Å². The number of ether oxygens (including phenoxy) is 1. The maximum atomic E-state index is 13.3. The minimum absolute atomic E-state index is 0.00707. The average molecular weight is 579 g/mol. The number of anilines is 2. The standard InChI is InChI=1S/C25H28BrN3O4S2/c1-33-21-7-6-20(11-22(21)35(31,32)29-19-4-2-18(26)3-5-19)27-24(34)28-23(30)25-12-15-8-16(13-25)10-17(9-15)14-25/h2-7,11,15-17,29H,8-10,12-14H2,1H3,(H2,27,28,30,34). The molecule has 2 aromatic rings. The number of amides is 1. The van der Waals surface area contributed by atoms with Crippen LogP contribution in [-0.2, 0) is 14.8 Å². The van der Waals surface area contributed by atoms with Gasteiger partial charge in [0.1, 0.15) is 10.6 Å². The highest BCUT2D eigenvalue weighted by molar-refractivity contribution is 9.10. The molecule has 0 radical (unpaired) electrons. The molecule has 4 saturated carbocycles. The van der Waals surface area contributed by atoms with Crippen LogP contribution in [0.4, 0.5) is 11.4 Å². The average Bonchev–Trinajstić information content (AvgIpc) is 2.79. The lowest BCUT2D eigenvalue weighted by molar-refractivity contribution is -0.144. The number of nitrogens with one attached hydrogen (secondary N) is 3. The van der Waals surface area contributed by atoms with Crippen molar-refractivity contribution in [2.75, 3.05) is 17.1 Å². The zero-order valence-corrected chi connectivity index (χ0v) is 22.6. The minimum atomic E-state index is -3.94. The summed E-state index contributed by atoms with van der Waals surface area (Å²) in [5.74, 6) is 2.15. The Morgan fingerprint density at radius 3 is 2.14 bits per heavy atom. The molecule has 0 saturated heterocycles. The topological polar surface area (TPSA) is 96.5 Å². The molecule has 3 N–H and O–H groups in total. The van der Waals surface area contributed by atoms with Crippen LogP contribution in [0.15, 0.2) is 51.8 Å². The zero-order chi connectivity index (χ0) is 24.8. The van der Waals surface area contributed by atoms with Crippen molar-refractivity contribution in [3.63, 3.8) is 0 Å². The van der Waals surface area contributed by atoms with E-state index >= 15 is 0 Å². The van der Waals surface area contributed by atoms with E-state index in [4.69, 9.17) is 17.0 Å². The van der Waals surface area contributed by atoms with Crippen LogP contribution in [0.25, 0.3) is 0 Å². The third kappa shape index (κ3) is 5.06. The normalized spacial score (nSPS) is 26.7. The summed E-state index contributed by atoms with van der Waals surface area (Å²) in [6.07, 6.45) is 6.60. The number of thiocarbonyl (C=S) groups is 1. The van der Waals surface area contributed by atoms with Gasteiger partial charge in [-0.05, 0) is 111 Å². The van der Waals surface area contributed by atoms with Gasteiger partial charge >= 0.3 is 0 Å². The van der Waals surface area contributed by atoms with Gasteiger partial charge in [-0.15, -0.1) is 0 Å². The highest BCUT2D eigenvalue weighted by Crippen LogP contribution is 2.60. The number of benzene rings is 2. The zero-order valence-electron chi connectivity index (χ0n) is 19.3. The second-order valence-electron chi connectivity index (χ2n) is 10.1. The van der Waals surface area contributed by atoms with Crippen molar-refractivity contribution in [3.05, 3.63) is 46.9 Å². The SMILES string of the molecule is COc1ccc(NC(=S)NC(=O)C23CC4CC(CC(C4)C2)C3)cc1S(=O)(=O)Nc1ccc(Br)cc1. The first-order valence-corrected chi connectivity index (χ1v) is 14.4. The first kappa shape index (κ1) is 24.5. The van der Waals surface area contributed by atoms with E-state index in [1.807, 2.05) is 0 Å². The lowest BCUT2D eigenvalue weighted by Gasteiger charge is -2.55. The number of hydrogen-bond acceptors (Lipinski definition) is 5. The van der Waals surface area contributed by atoms with E-state index in [9.17, 15) is 13.2 Å². The highest BCUT2D eigenvalue weighted by Gasteiger charge is 2.54. The van der Waals surface area contributed by atoms with Crippen LogP contribution >= 0.6 is 28.1 Å². The van der Waals surface area contributed by atoms with Crippen molar-refractivity contribution in [3.8, 4) is 5.75 Å². The van der Waals surface area contributed by atoms with E-state index in [2.05, 4.69) is 31.3 Å². The third-order valence-corrected chi connectivity index (χ3v) is 9.69. The molecular weight excluding hydrogens is 550 g/mol. The number of methoxy groups -OCH3 is 1. The van der Waals surface area contributed by atoms with E-state index < -0.39 is 10.0 Å². The molecule has 10 heteroatoms. The van der Waals surface area contributed by atoms with Crippen LogP contribution in [0.2, 0.25) is 0 Å². The summed E-state index contributed by atoms with van der Waals surface area (Å²) in [5.41, 5.74) is 0.550. The molecule has 2 aromatic carbocycles. The summed E-state index contributed by atoms with van der Waals surface area (Å²) in [4.78, 5) is 13.2. The summed E-state index contributed by atoms with van der Waals surface area (Å²) in [6.45, 7) is 0. The highest BCUT2D eigenvalue weighted by atomic mass is 79.9. The molecule has 4 bridgehead atoms. The molecule has 6 rings (SSSR count). The second kappa shape index (κ2) is 9.37. The fourth-order valence-corrected chi connectivity index (χ4v) is 8.21. The Bertz CT molecular complexity index is 1230. The van der Waals surface area contributed by atoms with Gasteiger partial charge in [-0.3, -0.25) is 9.52 Å². The van der Waals surface area contributed by atoms with Crippen LogP contribution in [0.1, 0.15) is 38.5 Å². The van der Waals surface area contributed by atoms with Crippen molar-refractivity contribution in [1.82, 2.24) is 5.32 Å². The number of rotatable bonds is 6. The minimum Gasteiger partial charge on any atom is -0.495 e. The predicted molar refractivity (Wildman–Crippen MR) is 143 cm³/mol. The summed E-state index contributed by atoms with van der Waals surface area (Å²) in [7, 11) is -2.53. The van der Waals surface area contributed by atoms with E-state index in [0.717, 1.165) is 23.7 Å². The molecule has 186 valence electrons. The molecular formula is C25H28BrN3O4S2. The number of hydrogen-bond donors (Lipinski definition) is 3. The summed E-state index contributed by atoms with van der Waals surface area (Å²) in [6, 6.07) is 11.5. The predicted octanol–water partition coefficient (Wildman–Crippen LogP) is 5.29. The number of halogens is 1. The van der Waals surface area contributed by atoms with Crippen molar-refractivity contribution in [2.24, 2.45) is 23.2 Å².